The van der Waals surface area contributed by atoms with E-state index in [0.717, 1.165) is 0 Å². The second-order valence-corrected chi connectivity index (χ2v) is 9.11. The standard InChI is InChI=1S/C25H21ClN2O4S/c1-4-15-28(20-9-11-21(32-3)12-10-20)33(30,31)22-13-14-24(26)23(17-22)25(29)27-19-8-6-7-18(5-2)16-19/h2,4,6-14,16-17H,1,15H2,3H3,(H,27,29). The number of nitrogens with one attached hydrogen (secondary N) is 1. The van der Waals surface area contributed by atoms with Crippen LogP contribution in [0.4, 0.5) is 11.4 Å². The maximum atomic E-state index is 13.5. The number of methoxy groups -OCH3 is 1. The zero-order valence-electron chi connectivity index (χ0n) is 17.8. The molecule has 33 heavy (non-hydrogen) atoms. The monoisotopic (exact) mass is 480 g/mol. The number of halogens is 1. The zero-order chi connectivity index (χ0) is 24.0. The molecule has 1 N–H and O–H groups in total. The molecule has 0 aliphatic rings. The molecule has 3 aromatic carbocycles. The molecule has 0 unspecified atom stereocenters. The Kier molecular flexibility index (Phi) is 7.44. The van der Waals surface area contributed by atoms with E-state index < -0.39 is 15.9 Å². The number of carbonyl (C=O) groups excluding carboxylic acids is 1. The highest BCUT2D eigenvalue weighted by atomic mass is 35.5. The summed E-state index contributed by atoms with van der Waals surface area (Å²) >= 11 is 6.23. The summed E-state index contributed by atoms with van der Waals surface area (Å²) in [5, 5.41) is 2.80. The van der Waals surface area contributed by atoms with Crippen molar-refractivity contribution >= 4 is 38.9 Å². The number of rotatable bonds is 8. The molecule has 0 radical (unpaired) electrons. The normalized spacial score (nSPS) is 10.7. The van der Waals surface area contributed by atoms with Gasteiger partial charge >= 0.3 is 0 Å². The fraction of sp³-hybridized carbons (Fsp3) is 0.0800. The Labute approximate surface area is 198 Å². The van der Waals surface area contributed by atoms with Crippen molar-refractivity contribution < 1.29 is 17.9 Å². The molecule has 3 aromatic rings. The van der Waals surface area contributed by atoms with Crippen LogP contribution in [0.1, 0.15) is 15.9 Å². The molecule has 3 rings (SSSR count). The molecule has 0 aromatic heterocycles. The molecule has 0 aliphatic heterocycles. The van der Waals surface area contributed by atoms with Crippen molar-refractivity contribution in [3.63, 3.8) is 0 Å². The van der Waals surface area contributed by atoms with E-state index in [-0.39, 0.29) is 22.0 Å². The van der Waals surface area contributed by atoms with Crippen molar-refractivity contribution in [3.8, 4) is 18.1 Å². The number of nitrogens with zero attached hydrogens (tertiary/aromatic N) is 1. The number of amides is 1. The Hall–Kier alpha value is -3.73. The van der Waals surface area contributed by atoms with Gasteiger partial charge in [-0.05, 0) is 60.7 Å². The van der Waals surface area contributed by atoms with Crippen LogP contribution < -0.4 is 14.4 Å². The Morgan fingerprint density at radius 3 is 2.55 bits per heavy atom. The lowest BCUT2D eigenvalue weighted by molar-refractivity contribution is 0.102. The third-order valence-electron chi connectivity index (χ3n) is 4.71. The second kappa shape index (κ2) is 10.3. The number of hydrogen-bond acceptors (Lipinski definition) is 4. The number of sulfonamides is 1. The van der Waals surface area contributed by atoms with E-state index in [9.17, 15) is 13.2 Å². The molecule has 0 aliphatic carbocycles. The van der Waals surface area contributed by atoms with E-state index >= 15 is 0 Å². The van der Waals surface area contributed by atoms with Crippen LogP contribution in [0.2, 0.25) is 5.02 Å². The van der Waals surface area contributed by atoms with Crippen LogP contribution in [-0.2, 0) is 10.0 Å². The minimum Gasteiger partial charge on any atom is -0.497 e. The maximum absolute atomic E-state index is 13.5. The van der Waals surface area contributed by atoms with Crippen LogP contribution in [0.25, 0.3) is 0 Å². The van der Waals surface area contributed by atoms with Crippen molar-refractivity contribution in [2.24, 2.45) is 0 Å². The largest absolute Gasteiger partial charge is 0.497 e. The second-order valence-electron chi connectivity index (χ2n) is 6.84. The highest BCUT2D eigenvalue weighted by molar-refractivity contribution is 7.92. The van der Waals surface area contributed by atoms with E-state index in [1.54, 1.807) is 48.5 Å². The van der Waals surface area contributed by atoms with E-state index in [2.05, 4.69) is 17.8 Å². The van der Waals surface area contributed by atoms with Gasteiger partial charge in [0.05, 0.1) is 34.8 Å². The van der Waals surface area contributed by atoms with E-state index in [1.165, 1.54) is 35.7 Å². The fourth-order valence-electron chi connectivity index (χ4n) is 3.06. The minimum absolute atomic E-state index is 0.0112. The summed E-state index contributed by atoms with van der Waals surface area (Å²) in [5.74, 6) is 2.52. The fourth-order valence-corrected chi connectivity index (χ4v) is 4.72. The Balaban J connectivity index is 1.97. The lowest BCUT2D eigenvalue weighted by atomic mass is 10.2. The maximum Gasteiger partial charge on any atom is 0.264 e. The number of carbonyl (C=O) groups is 1. The third kappa shape index (κ3) is 5.37. The average molecular weight is 481 g/mol. The van der Waals surface area contributed by atoms with Crippen LogP contribution in [0.5, 0.6) is 5.75 Å². The lowest BCUT2D eigenvalue weighted by Crippen LogP contribution is -2.31. The molecule has 6 nitrogen and oxygen atoms in total. The third-order valence-corrected chi connectivity index (χ3v) is 6.83. The molecule has 0 fully saturated rings. The Morgan fingerprint density at radius 2 is 1.91 bits per heavy atom. The summed E-state index contributed by atoms with van der Waals surface area (Å²) < 4.78 is 33.2. The molecule has 0 saturated carbocycles. The molecular formula is C25H21ClN2O4S. The van der Waals surface area contributed by atoms with Gasteiger partial charge in [-0.2, -0.15) is 0 Å². The van der Waals surface area contributed by atoms with Gasteiger partial charge in [-0.3, -0.25) is 9.10 Å². The van der Waals surface area contributed by atoms with Crippen molar-refractivity contribution in [2.75, 3.05) is 23.3 Å². The van der Waals surface area contributed by atoms with Crippen molar-refractivity contribution in [2.45, 2.75) is 4.90 Å². The van der Waals surface area contributed by atoms with E-state index in [4.69, 9.17) is 22.8 Å². The van der Waals surface area contributed by atoms with Gasteiger partial charge in [-0.15, -0.1) is 13.0 Å². The quantitative estimate of drug-likeness (QED) is 0.365. The predicted octanol–water partition coefficient (Wildman–Crippen LogP) is 4.96. The highest BCUT2D eigenvalue weighted by Gasteiger charge is 2.26. The van der Waals surface area contributed by atoms with Gasteiger partial charge in [0, 0.05) is 11.3 Å². The zero-order valence-corrected chi connectivity index (χ0v) is 19.4. The summed E-state index contributed by atoms with van der Waals surface area (Å²) in [6.45, 7) is 3.68. The van der Waals surface area contributed by atoms with Crippen molar-refractivity contribution in [1.82, 2.24) is 0 Å². The predicted molar refractivity (Wildman–Crippen MR) is 132 cm³/mol. The Bertz CT molecular complexity index is 1330. The number of anilines is 2. The number of benzene rings is 3. The van der Waals surface area contributed by atoms with Crippen LogP contribution >= 0.6 is 11.6 Å². The van der Waals surface area contributed by atoms with Gasteiger partial charge < -0.3 is 10.1 Å². The highest BCUT2D eigenvalue weighted by Crippen LogP contribution is 2.28. The number of terminal acetylenes is 1. The van der Waals surface area contributed by atoms with Gasteiger partial charge in [0.1, 0.15) is 5.75 Å². The molecule has 0 heterocycles. The van der Waals surface area contributed by atoms with Crippen LogP contribution in [0.3, 0.4) is 0 Å². The molecule has 0 atom stereocenters. The summed E-state index contributed by atoms with van der Waals surface area (Å²) in [5.41, 5.74) is 1.49. The van der Waals surface area contributed by atoms with Crippen LogP contribution in [0.15, 0.2) is 84.3 Å². The first-order valence-electron chi connectivity index (χ1n) is 9.75. The van der Waals surface area contributed by atoms with E-state index in [1.807, 2.05) is 0 Å². The summed E-state index contributed by atoms with van der Waals surface area (Å²) in [6.07, 6.45) is 6.88. The molecule has 0 bridgehead atoms. The van der Waals surface area contributed by atoms with E-state index in [0.29, 0.717) is 22.7 Å². The molecule has 168 valence electrons. The van der Waals surface area contributed by atoms with Gasteiger partial charge in [0.15, 0.2) is 0 Å². The van der Waals surface area contributed by atoms with Crippen molar-refractivity contribution in [1.29, 1.82) is 0 Å². The van der Waals surface area contributed by atoms with Gasteiger partial charge in [-0.25, -0.2) is 8.42 Å². The number of hydrogen-bond donors (Lipinski definition) is 1. The topological polar surface area (TPSA) is 75.7 Å². The van der Waals surface area contributed by atoms with Gasteiger partial charge in [0.2, 0.25) is 0 Å². The smallest absolute Gasteiger partial charge is 0.264 e. The SMILES string of the molecule is C#Cc1cccc(NC(=O)c2cc(S(=O)(=O)N(CC=C)c3ccc(OC)cc3)ccc2Cl)c1. The van der Waals surface area contributed by atoms with Crippen LogP contribution in [-0.4, -0.2) is 28.0 Å². The minimum atomic E-state index is -4.04. The Morgan fingerprint density at radius 1 is 1.18 bits per heavy atom. The molecule has 0 spiro atoms. The number of ether oxygens (including phenoxy) is 1. The van der Waals surface area contributed by atoms with Gasteiger partial charge in [-0.1, -0.05) is 29.7 Å². The summed E-state index contributed by atoms with van der Waals surface area (Å²) in [7, 11) is -2.51. The summed E-state index contributed by atoms with van der Waals surface area (Å²) in [4.78, 5) is 12.8. The lowest BCUT2D eigenvalue weighted by Gasteiger charge is -2.23. The van der Waals surface area contributed by atoms with Crippen LogP contribution in [0, 0.1) is 12.3 Å². The molecule has 1 amide bonds. The first-order chi connectivity index (χ1) is 15.8. The first kappa shape index (κ1) is 23.9. The molecule has 0 saturated heterocycles. The first-order valence-corrected chi connectivity index (χ1v) is 11.6. The van der Waals surface area contributed by atoms with Crippen molar-refractivity contribution in [3.05, 3.63) is 95.5 Å². The van der Waals surface area contributed by atoms with Gasteiger partial charge in [0.25, 0.3) is 15.9 Å². The molecular weight excluding hydrogens is 460 g/mol. The average Bonchev–Trinajstić information content (AvgIpc) is 2.82. The summed E-state index contributed by atoms with van der Waals surface area (Å²) in [6, 6.07) is 17.3. The molecule has 8 heteroatoms.